The molecular weight excluding hydrogens is 283 g/mol. The van der Waals surface area contributed by atoms with Crippen LogP contribution in [0.3, 0.4) is 0 Å². The summed E-state index contributed by atoms with van der Waals surface area (Å²) in [4.78, 5) is 14.2. The van der Waals surface area contributed by atoms with E-state index in [0.29, 0.717) is 6.54 Å². The number of nitrogens with two attached hydrogens (primary N) is 1. The van der Waals surface area contributed by atoms with E-state index in [-0.39, 0.29) is 24.2 Å². The molecule has 0 aromatic heterocycles. The molecule has 1 aromatic carbocycles. The Morgan fingerprint density at radius 1 is 1.45 bits per heavy atom. The minimum Gasteiger partial charge on any atom is -0.489 e. The molecule has 2 unspecified atom stereocenters. The van der Waals surface area contributed by atoms with Crippen LogP contribution in [0, 0.1) is 11.7 Å². The molecule has 1 aliphatic rings. The van der Waals surface area contributed by atoms with Gasteiger partial charge in [0.1, 0.15) is 6.61 Å². The monoisotopic (exact) mass is 308 g/mol. The summed E-state index contributed by atoms with van der Waals surface area (Å²) >= 11 is 0. The minimum absolute atomic E-state index is 0.0573. The summed E-state index contributed by atoms with van der Waals surface area (Å²) in [7, 11) is 1.75. The topological polar surface area (TPSA) is 55.6 Å². The minimum atomic E-state index is -0.435. The van der Waals surface area contributed by atoms with E-state index in [1.807, 2.05) is 6.92 Å². The molecule has 2 rings (SSSR count). The van der Waals surface area contributed by atoms with E-state index < -0.39 is 11.4 Å². The van der Waals surface area contributed by atoms with Crippen LogP contribution in [0.15, 0.2) is 24.3 Å². The summed E-state index contributed by atoms with van der Waals surface area (Å²) in [5, 5.41) is 0. The van der Waals surface area contributed by atoms with E-state index in [2.05, 4.69) is 0 Å². The van der Waals surface area contributed by atoms with Crippen LogP contribution in [0.2, 0.25) is 0 Å². The number of carbonyl (C=O) groups is 1. The van der Waals surface area contributed by atoms with Crippen LogP contribution in [0.25, 0.3) is 0 Å². The van der Waals surface area contributed by atoms with Crippen molar-refractivity contribution in [1.29, 1.82) is 0 Å². The lowest BCUT2D eigenvalue weighted by molar-refractivity contribution is -0.137. The lowest BCUT2D eigenvalue weighted by Gasteiger charge is -2.39. The van der Waals surface area contributed by atoms with Crippen LogP contribution >= 0.6 is 0 Å². The Bertz CT molecular complexity index is 519. The fraction of sp³-hybridized carbons (Fsp3) is 0.588. The van der Waals surface area contributed by atoms with E-state index in [1.54, 1.807) is 30.1 Å². The van der Waals surface area contributed by atoms with Crippen molar-refractivity contribution in [3.05, 3.63) is 30.1 Å². The SMILES string of the molecule is CN(CCOc1ccccc1F)C(=O)C1CCCCC1(C)N. The number of amides is 1. The highest BCUT2D eigenvalue weighted by Crippen LogP contribution is 2.32. The Kier molecular flexibility index (Phi) is 5.40. The third kappa shape index (κ3) is 3.97. The van der Waals surface area contributed by atoms with Crippen molar-refractivity contribution in [2.24, 2.45) is 11.7 Å². The first-order valence-electron chi connectivity index (χ1n) is 7.83. The van der Waals surface area contributed by atoms with Gasteiger partial charge in [0, 0.05) is 12.6 Å². The smallest absolute Gasteiger partial charge is 0.227 e. The molecule has 2 N–H and O–H groups in total. The maximum Gasteiger partial charge on any atom is 0.227 e. The molecule has 1 aliphatic carbocycles. The van der Waals surface area contributed by atoms with E-state index >= 15 is 0 Å². The molecule has 122 valence electrons. The van der Waals surface area contributed by atoms with Crippen molar-refractivity contribution in [2.45, 2.75) is 38.1 Å². The van der Waals surface area contributed by atoms with Gasteiger partial charge in [-0.2, -0.15) is 0 Å². The predicted molar refractivity (Wildman–Crippen MR) is 84.1 cm³/mol. The molecular formula is C17H25FN2O2. The van der Waals surface area contributed by atoms with Crippen molar-refractivity contribution in [3.63, 3.8) is 0 Å². The predicted octanol–water partition coefficient (Wildman–Crippen LogP) is 2.57. The molecule has 1 amide bonds. The average Bonchev–Trinajstić information content (AvgIpc) is 2.48. The van der Waals surface area contributed by atoms with E-state index in [4.69, 9.17) is 10.5 Å². The summed E-state index contributed by atoms with van der Waals surface area (Å²) in [5.74, 6) is -0.260. The molecule has 0 saturated heterocycles. The zero-order chi connectivity index (χ0) is 16.2. The standard InChI is InChI=1S/C17H25FN2O2/c1-17(19)10-6-5-7-13(17)16(21)20(2)11-12-22-15-9-4-3-8-14(15)18/h3-4,8-9,13H,5-7,10-12,19H2,1-2H3. The number of halogens is 1. The maximum absolute atomic E-state index is 13.4. The summed E-state index contributed by atoms with van der Waals surface area (Å²) in [6.07, 6.45) is 3.84. The number of carbonyl (C=O) groups excluding carboxylic acids is 1. The van der Waals surface area contributed by atoms with Gasteiger partial charge in [0.2, 0.25) is 5.91 Å². The highest BCUT2D eigenvalue weighted by molar-refractivity contribution is 5.80. The second kappa shape index (κ2) is 7.09. The van der Waals surface area contributed by atoms with Gasteiger partial charge in [-0.1, -0.05) is 25.0 Å². The van der Waals surface area contributed by atoms with Crippen molar-refractivity contribution >= 4 is 5.91 Å². The Balaban J connectivity index is 1.85. The molecule has 5 heteroatoms. The molecule has 0 bridgehead atoms. The normalized spacial score (nSPS) is 24.8. The summed E-state index contributed by atoms with van der Waals surface area (Å²) < 4.78 is 18.8. The fourth-order valence-electron chi connectivity index (χ4n) is 2.99. The first-order chi connectivity index (χ1) is 10.4. The van der Waals surface area contributed by atoms with Gasteiger partial charge in [-0.05, 0) is 31.9 Å². The van der Waals surface area contributed by atoms with Gasteiger partial charge in [0.25, 0.3) is 0 Å². The van der Waals surface area contributed by atoms with Gasteiger partial charge in [-0.25, -0.2) is 4.39 Å². The first-order valence-corrected chi connectivity index (χ1v) is 7.83. The Labute approximate surface area is 131 Å². The van der Waals surface area contributed by atoms with Crippen molar-refractivity contribution < 1.29 is 13.9 Å². The van der Waals surface area contributed by atoms with Crippen molar-refractivity contribution in [1.82, 2.24) is 4.90 Å². The number of hydrogen-bond donors (Lipinski definition) is 1. The summed E-state index contributed by atoms with van der Waals surface area (Å²) in [6.45, 7) is 2.63. The van der Waals surface area contributed by atoms with Crippen LogP contribution in [0.5, 0.6) is 5.75 Å². The molecule has 22 heavy (non-hydrogen) atoms. The zero-order valence-electron chi connectivity index (χ0n) is 13.3. The van der Waals surface area contributed by atoms with Gasteiger partial charge in [-0.15, -0.1) is 0 Å². The molecule has 4 nitrogen and oxygen atoms in total. The second-order valence-electron chi connectivity index (χ2n) is 6.34. The van der Waals surface area contributed by atoms with Crippen molar-refractivity contribution in [2.75, 3.05) is 20.2 Å². The van der Waals surface area contributed by atoms with E-state index in [1.165, 1.54) is 6.07 Å². The number of benzene rings is 1. The highest BCUT2D eigenvalue weighted by atomic mass is 19.1. The number of nitrogens with zero attached hydrogens (tertiary/aromatic N) is 1. The Morgan fingerprint density at radius 3 is 2.86 bits per heavy atom. The average molecular weight is 308 g/mol. The Morgan fingerprint density at radius 2 is 2.18 bits per heavy atom. The lowest BCUT2D eigenvalue weighted by atomic mass is 9.74. The molecule has 0 radical (unpaired) electrons. The zero-order valence-corrected chi connectivity index (χ0v) is 13.3. The third-order valence-corrected chi connectivity index (χ3v) is 4.45. The summed E-state index contributed by atoms with van der Waals surface area (Å²) in [6, 6.07) is 6.26. The van der Waals surface area contributed by atoms with Gasteiger partial charge in [0.05, 0.1) is 12.5 Å². The van der Waals surface area contributed by atoms with E-state index in [9.17, 15) is 9.18 Å². The van der Waals surface area contributed by atoms with Crippen LogP contribution < -0.4 is 10.5 Å². The maximum atomic E-state index is 13.4. The second-order valence-corrected chi connectivity index (χ2v) is 6.34. The van der Waals surface area contributed by atoms with Crippen LogP contribution in [0.1, 0.15) is 32.6 Å². The number of para-hydroxylation sites is 1. The lowest BCUT2D eigenvalue weighted by Crippen LogP contribution is -2.53. The van der Waals surface area contributed by atoms with Gasteiger partial charge >= 0.3 is 0 Å². The number of likely N-dealkylation sites (N-methyl/N-ethyl adjacent to an activating group) is 1. The number of rotatable bonds is 5. The van der Waals surface area contributed by atoms with Crippen LogP contribution in [0.4, 0.5) is 4.39 Å². The molecule has 0 spiro atoms. The number of hydrogen-bond acceptors (Lipinski definition) is 3. The van der Waals surface area contributed by atoms with Crippen molar-refractivity contribution in [3.8, 4) is 5.75 Å². The molecule has 1 saturated carbocycles. The van der Waals surface area contributed by atoms with Gasteiger partial charge < -0.3 is 15.4 Å². The van der Waals surface area contributed by atoms with Crippen LogP contribution in [-0.2, 0) is 4.79 Å². The molecule has 2 atom stereocenters. The third-order valence-electron chi connectivity index (χ3n) is 4.45. The van der Waals surface area contributed by atoms with Gasteiger partial charge in [0.15, 0.2) is 11.6 Å². The number of ether oxygens (including phenoxy) is 1. The summed E-state index contributed by atoms with van der Waals surface area (Å²) in [5.41, 5.74) is 5.84. The molecule has 0 aliphatic heterocycles. The molecule has 1 fully saturated rings. The van der Waals surface area contributed by atoms with Crippen LogP contribution in [-0.4, -0.2) is 36.5 Å². The molecule has 1 aromatic rings. The fourth-order valence-corrected chi connectivity index (χ4v) is 2.99. The largest absolute Gasteiger partial charge is 0.489 e. The van der Waals surface area contributed by atoms with Gasteiger partial charge in [-0.3, -0.25) is 4.79 Å². The van der Waals surface area contributed by atoms with E-state index in [0.717, 1.165) is 25.7 Å². The quantitative estimate of drug-likeness (QED) is 0.909. The molecule has 0 heterocycles. The highest BCUT2D eigenvalue weighted by Gasteiger charge is 2.38. The first kappa shape index (κ1) is 16.7. The Hall–Kier alpha value is -1.62.